The topological polar surface area (TPSA) is 24.5 Å². The van der Waals surface area contributed by atoms with Crippen LogP contribution in [0.2, 0.25) is 0 Å². The summed E-state index contributed by atoms with van der Waals surface area (Å²) in [5.74, 6) is 0. The average Bonchev–Trinajstić information content (AvgIpc) is 2.39. The lowest BCUT2D eigenvalue weighted by Crippen LogP contribution is -2.40. The van der Waals surface area contributed by atoms with Crippen molar-refractivity contribution < 1.29 is 4.74 Å². The molecule has 0 bridgehead atoms. The van der Waals surface area contributed by atoms with E-state index in [0.717, 1.165) is 19.6 Å². The van der Waals surface area contributed by atoms with Gasteiger partial charge in [-0.1, -0.05) is 0 Å². The molecule has 0 saturated carbocycles. The predicted octanol–water partition coefficient (Wildman–Crippen LogP) is 1.10. The molecular weight excluding hydrogens is 176 g/mol. The first kappa shape index (κ1) is 12.0. The highest BCUT2D eigenvalue weighted by atomic mass is 16.5. The highest BCUT2D eigenvalue weighted by Gasteiger charge is 2.18. The molecule has 0 aromatic carbocycles. The van der Waals surface area contributed by atoms with Crippen LogP contribution in [0.25, 0.3) is 0 Å². The molecule has 0 radical (unpaired) electrons. The van der Waals surface area contributed by atoms with Crippen LogP contribution in [0.15, 0.2) is 0 Å². The fourth-order valence-electron chi connectivity index (χ4n) is 2.01. The van der Waals surface area contributed by atoms with Crippen molar-refractivity contribution in [3.8, 4) is 0 Å². The average molecular weight is 200 g/mol. The van der Waals surface area contributed by atoms with E-state index in [-0.39, 0.29) is 0 Å². The molecule has 3 nitrogen and oxygen atoms in total. The molecule has 2 unspecified atom stereocenters. The van der Waals surface area contributed by atoms with Crippen LogP contribution in [-0.2, 0) is 4.74 Å². The molecule has 1 N–H and O–H groups in total. The number of rotatable bonds is 4. The minimum atomic E-state index is 0.627. The second kappa shape index (κ2) is 6.38. The Morgan fingerprint density at radius 1 is 1.57 bits per heavy atom. The standard InChI is InChI=1S/C11H24N2O/c1-10-9-13(7-4-6-12-10)11(2)5-8-14-3/h10-12H,4-9H2,1-3H3. The van der Waals surface area contributed by atoms with Crippen molar-refractivity contribution >= 4 is 0 Å². The number of hydrogen-bond acceptors (Lipinski definition) is 3. The van der Waals surface area contributed by atoms with E-state index >= 15 is 0 Å². The first-order valence-corrected chi connectivity index (χ1v) is 5.70. The minimum Gasteiger partial charge on any atom is -0.385 e. The lowest BCUT2D eigenvalue weighted by molar-refractivity contribution is 0.137. The lowest BCUT2D eigenvalue weighted by atomic mass is 10.2. The first-order chi connectivity index (χ1) is 6.74. The summed E-state index contributed by atoms with van der Waals surface area (Å²) in [6.07, 6.45) is 2.41. The summed E-state index contributed by atoms with van der Waals surface area (Å²) in [5.41, 5.74) is 0. The zero-order valence-corrected chi connectivity index (χ0v) is 9.75. The van der Waals surface area contributed by atoms with Crippen molar-refractivity contribution in [2.75, 3.05) is 33.4 Å². The van der Waals surface area contributed by atoms with Gasteiger partial charge in [-0.05, 0) is 39.8 Å². The van der Waals surface area contributed by atoms with Gasteiger partial charge in [0.1, 0.15) is 0 Å². The fourth-order valence-corrected chi connectivity index (χ4v) is 2.01. The van der Waals surface area contributed by atoms with Crippen molar-refractivity contribution in [3.05, 3.63) is 0 Å². The summed E-state index contributed by atoms with van der Waals surface area (Å²) < 4.78 is 5.12. The summed E-state index contributed by atoms with van der Waals surface area (Å²) in [7, 11) is 1.78. The van der Waals surface area contributed by atoms with Gasteiger partial charge in [0.25, 0.3) is 0 Å². The first-order valence-electron chi connectivity index (χ1n) is 5.70. The Morgan fingerprint density at radius 3 is 3.07 bits per heavy atom. The van der Waals surface area contributed by atoms with Crippen LogP contribution in [0.4, 0.5) is 0 Å². The van der Waals surface area contributed by atoms with Crippen LogP contribution in [0.5, 0.6) is 0 Å². The van der Waals surface area contributed by atoms with Crippen LogP contribution in [0.3, 0.4) is 0 Å². The Bertz CT molecular complexity index is 152. The number of nitrogens with zero attached hydrogens (tertiary/aromatic N) is 1. The molecule has 1 saturated heterocycles. The molecule has 84 valence electrons. The monoisotopic (exact) mass is 200 g/mol. The van der Waals surface area contributed by atoms with Gasteiger partial charge < -0.3 is 10.1 Å². The van der Waals surface area contributed by atoms with Gasteiger partial charge in [0.2, 0.25) is 0 Å². The van der Waals surface area contributed by atoms with Crippen LogP contribution in [-0.4, -0.2) is 50.3 Å². The number of nitrogens with one attached hydrogen (secondary N) is 1. The van der Waals surface area contributed by atoms with Crippen molar-refractivity contribution in [1.29, 1.82) is 0 Å². The Kier molecular flexibility index (Phi) is 5.45. The van der Waals surface area contributed by atoms with Crippen LogP contribution in [0.1, 0.15) is 26.7 Å². The smallest absolute Gasteiger partial charge is 0.0477 e. The Hall–Kier alpha value is -0.120. The maximum Gasteiger partial charge on any atom is 0.0477 e. The summed E-state index contributed by atoms with van der Waals surface area (Å²) >= 11 is 0. The largest absolute Gasteiger partial charge is 0.385 e. The van der Waals surface area contributed by atoms with Crippen molar-refractivity contribution in [3.63, 3.8) is 0 Å². The van der Waals surface area contributed by atoms with E-state index in [0.29, 0.717) is 12.1 Å². The third kappa shape index (κ3) is 3.95. The van der Waals surface area contributed by atoms with Gasteiger partial charge in [-0.2, -0.15) is 0 Å². The highest BCUT2D eigenvalue weighted by Crippen LogP contribution is 2.08. The fraction of sp³-hybridized carbons (Fsp3) is 1.00. The van der Waals surface area contributed by atoms with E-state index in [9.17, 15) is 0 Å². The molecule has 1 aliphatic heterocycles. The lowest BCUT2D eigenvalue weighted by Gasteiger charge is -2.28. The third-order valence-corrected chi connectivity index (χ3v) is 2.99. The van der Waals surface area contributed by atoms with E-state index in [1.165, 1.54) is 19.5 Å². The Balaban J connectivity index is 2.32. The van der Waals surface area contributed by atoms with Gasteiger partial charge in [-0.25, -0.2) is 0 Å². The molecule has 0 aromatic rings. The maximum absolute atomic E-state index is 5.12. The molecule has 0 aromatic heterocycles. The SMILES string of the molecule is COCCC(C)N1CCCNC(C)C1. The van der Waals surface area contributed by atoms with Crippen molar-refractivity contribution in [2.45, 2.75) is 38.8 Å². The summed E-state index contributed by atoms with van der Waals surface area (Å²) in [5, 5.41) is 3.51. The number of methoxy groups -OCH3 is 1. The highest BCUT2D eigenvalue weighted by molar-refractivity contribution is 4.76. The van der Waals surface area contributed by atoms with Crippen molar-refractivity contribution in [2.24, 2.45) is 0 Å². The molecule has 1 fully saturated rings. The molecule has 0 spiro atoms. The van der Waals surface area contributed by atoms with Crippen LogP contribution < -0.4 is 5.32 Å². The van der Waals surface area contributed by atoms with Gasteiger partial charge in [0.15, 0.2) is 0 Å². The zero-order valence-electron chi connectivity index (χ0n) is 9.75. The molecule has 1 heterocycles. The van der Waals surface area contributed by atoms with Crippen LogP contribution >= 0.6 is 0 Å². The molecule has 0 aliphatic carbocycles. The predicted molar refractivity (Wildman–Crippen MR) is 59.6 cm³/mol. The summed E-state index contributed by atoms with van der Waals surface area (Å²) in [6.45, 7) is 9.00. The molecule has 1 rings (SSSR count). The van der Waals surface area contributed by atoms with Gasteiger partial charge in [-0.15, -0.1) is 0 Å². The van der Waals surface area contributed by atoms with E-state index < -0.39 is 0 Å². The second-order valence-electron chi connectivity index (χ2n) is 4.33. The molecule has 14 heavy (non-hydrogen) atoms. The normalized spacial score (nSPS) is 27.2. The molecular formula is C11H24N2O. The van der Waals surface area contributed by atoms with E-state index in [1.54, 1.807) is 7.11 Å². The molecule has 1 aliphatic rings. The van der Waals surface area contributed by atoms with E-state index in [2.05, 4.69) is 24.1 Å². The van der Waals surface area contributed by atoms with E-state index in [1.807, 2.05) is 0 Å². The molecule has 2 atom stereocenters. The quantitative estimate of drug-likeness (QED) is 0.735. The maximum atomic E-state index is 5.12. The van der Waals surface area contributed by atoms with Gasteiger partial charge in [0, 0.05) is 32.3 Å². The molecule has 3 heteroatoms. The summed E-state index contributed by atoms with van der Waals surface area (Å²) in [6, 6.07) is 1.28. The van der Waals surface area contributed by atoms with Crippen LogP contribution in [0, 0.1) is 0 Å². The zero-order chi connectivity index (χ0) is 10.4. The minimum absolute atomic E-state index is 0.627. The van der Waals surface area contributed by atoms with Gasteiger partial charge in [0.05, 0.1) is 0 Å². The number of hydrogen-bond donors (Lipinski definition) is 1. The Morgan fingerprint density at radius 2 is 2.36 bits per heavy atom. The van der Waals surface area contributed by atoms with Gasteiger partial charge >= 0.3 is 0 Å². The Labute approximate surface area is 87.8 Å². The number of ether oxygens (including phenoxy) is 1. The molecule has 0 amide bonds. The summed E-state index contributed by atoms with van der Waals surface area (Å²) in [4.78, 5) is 2.57. The third-order valence-electron chi connectivity index (χ3n) is 2.99. The van der Waals surface area contributed by atoms with Gasteiger partial charge in [-0.3, -0.25) is 4.90 Å². The van der Waals surface area contributed by atoms with E-state index in [4.69, 9.17) is 4.74 Å². The van der Waals surface area contributed by atoms with Crippen molar-refractivity contribution in [1.82, 2.24) is 10.2 Å². The second-order valence-corrected chi connectivity index (χ2v) is 4.33.